The third-order valence-corrected chi connectivity index (χ3v) is 8.84. The Morgan fingerprint density at radius 1 is 1.12 bits per heavy atom. The second-order valence-electron chi connectivity index (χ2n) is 9.59. The van der Waals surface area contributed by atoms with Gasteiger partial charge in [-0.3, -0.25) is 0 Å². The molecular formula is C22H32O3. The number of allylic oxidation sites excluding steroid dienone is 2. The molecule has 4 fully saturated rings. The minimum absolute atomic E-state index is 0.202. The molecule has 5 aliphatic rings. The number of hydrogen-bond acceptors (Lipinski definition) is 3. The molecular weight excluding hydrogens is 312 g/mol. The van der Waals surface area contributed by atoms with Crippen LogP contribution in [0.25, 0.3) is 0 Å². The number of rotatable bonds is 0. The molecule has 1 saturated heterocycles. The summed E-state index contributed by atoms with van der Waals surface area (Å²) in [6.07, 6.45) is 12.0. The third-order valence-electron chi connectivity index (χ3n) is 8.84. The molecule has 1 N–H and O–H groups in total. The Labute approximate surface area is 151 Å². The second-order valence-corrected chi connectivity index (χ2v) is 9.59. The summed E-state index contributed by atoms with van der Waals surface area (Å²) in [7, 11) is 0. The van der Waals surface area contributed by atoms with E-state index in [1.165, 1.54) is 30.4 Å². The van der Waals surface area contributed by atoms with Crippen LogP contribution in [0.5, 0.6) is 0 Å². The van der Waals surface area contributed by atoms with Crippen molar-refractivity contribution in [3.8, 4) is 0 Å². The molecule has 3 heteroatoms. The van der Waals surface area contributed by atoms with Gasteiger partial charge in [0.25, 0.3) is 0 Å². The van der Waals surface area contributed by atoms with Gasteiger partial charge in [-0.1, -0.05) is 26.0 Å². The Hall–Kier alpha value is -0.640. The van der Waals surface area contributed by atoms with Crippen LogP contribution in [0.15, 0.2) is 23.3 Å². The zero-order chi connectivity index (χ0) is 17.4. The number of aliphatic hydroxyl groups excluding tert-OH is 1. The van der Waals surface area contributed by atoms with Crippen molar-refractivity contribution in [2.45, 2.75) is 77.6 Å². The van der Waals surface area contributed by atoms with E-state index in [1.807, 2.05) is 0 Å². The predicted molar refractivity (Wildman–Crippen MR) is 96.8 cm³/mol. The fourth-order valence-electron chi connectivity index (χ4n) is 7.63. The second kappa shape index (κ2) is 5.43. The lowest BCUT2D eigenvalue weighted by Gasteiger charge is -2.58. The Kier molecular flexibility index (Phi) is 3.59. The largest absolute Gasteiger partial charge is 0.389 e. The minimum atomic E-state index is -0.223. The molecule has 0 aromatic heterocycles. The highest BCUT2D eigenvalue weighted by molar-refractivity contribution is 5.33. The molecule has 0 aromatic rings. The van der Waals surface area contributed by atoms with Gasteiger partial charge in [0.1, 0.15) is 12.9 Å². The van der Waals surface area contributed by atoms with Crippen molar-refractivity contribution >= 4 is 0 Å². The highest BCUT2D eigenvalue weighted by Crippen LogP contribution is 2.66. The summed E-state index contributed by atoms with van der Waals surface area (Å²) in [6, 6.07) is 0. The molecule has 0 amide bonds. The normalized spacial score (nSPS) is 56.0. The van der Waals surface area contributed by atoms with E-state index in [0.717, 1.165) is 25.2 Å². The van der Waals surface area contributed by atoms with Crippen molar-refractivity contribution in [2.24, 2.45) is 28.6 Å². The van der Waals surface area contributed by atoms with Crippen LogP contribution in [-0.4, -0.2) is 30.2 Å². The van der Waals surface area contributed by atoms with Crippen molar-refractivity contribution in [1.29, 1.82) is 0 Å². The Bertz CT molecular complexity index is 637. The van der Waals surface area contributed by atoms with Gasteiger partial charge in [0.15, 0.2) is 0 Å². The highest BCUT2D eigenvalue weighted by atomic mass is 16.7. The summed E-state index contributed by atoms with van der Waals surface area (Å²) >= 11 is 0. The molecule has 1 aliphatic heterocycles. The summed E-state index contributed by atoms with van der Waals surface area (Å²) in [5.41, 5.74) is 3.33. The van der Waals surface area contributed by atoms with E-state index in [4.69, 9.17) is 9.47 Å². The van der Waals surface area contributed by atoms with Crippen molar-refractivity contribution in [3.63, 3.8) is 0 Å². The van der Waals surface area contributed by atoms with Crippen LogP contribution < -0.4 is 0 Å². The fraction of sp³-hybridized carbons (Fsp3) is 0.818. The predicted octanol–water partition coefficient (Wildman–Crippen LogP) is 4.22. The van der Waals surface area contributed by atoms with E-state index < -0.39 is 0 Å². The molecule has 138 valence electrons. The van der Waals surface area contributed by atoms with Crippen LogP contribution in [0, 0.1) is 28.6 Å². The van der Waals surface area contributed by atoms with Crippen molar-refractivity contribution in [2.75, 3.05) is 6.79 Å². The first-order chi connectivity index (χ1) is 12.0. The lowest BCUT2D eigenvalue weighted by molar-refractivity contribution is -0.0357. The first kappa shape index (κ1) is 16.5. The van der Waals surface area contributed by atoms with Crippen LogP contribution >= 0.6 is 0 Å². The summed E-state index contributed by atoms with van der Waals surface area (Å²) in [4.78, 5) is 0. The molecule has 25 heavy (non-hydrogen) atoms. The molecule has 0 spiro atoms. The average Bonchev–Trinajstić information content (AvgIpc) is 3.15. The summed E-state index contributed by atoms with van der Waals surface area (Å²) in [5, 5.41) is 10.7. The van der Waals surface area contributed by atoms with Crippen LogP contribution in [0.3, 0.4) is 0 Å². The molecule has 0 unspecified atom stereocenters. The van der Waals surface area contributed by atoms with Crippen molar-refractivity contribution in [1.82, 2.24) is 0 Å². The maximum Gasteiger partial charge on any atom is 0.148 e. The van der Waals surface area contributed by atoms with E-state index >= 15 is 0 Å². The molecule has 5 rings (SSSR count). The van der Waals surface area contributed by atoms with E-state index in [1.54, 1.807) is 0 Å². The maximum atomic E-state index is 10.7. The van der Waals surface area contributed by atoms with Crippen LogP contribution in [0.1, 0.15) is 59.3 Å². The molecule has 1 heterocycles. The van der Waals surface area contributed by atoms with Gasteiger partial charge >= 0.3 is 0 Å². The Morgan fingerprint density at radius 2 is 1.92 bits per heavy atom. The van der Waals surface area contributed by atoms with Gasteiger partial charge in [-0.05, 0) is 85.2 Å². The molecule has 3 nitrogen and oxygen atoms in total. The van der Waals surface area contributed by atoms with Gasteiger partial charge < -0.3 is 14.6 Å². The van der Waals surface area contributed by atoms with Crippen molar-refractivity contribution in [3.05, 3.63) is 23.3 Å². The summed E-state index contributed by atoms with van der Waals surface area (Å²) < 4.78 is 11.8. The standard InChI is InChI=1S/C22H32O3/c1-4-14-18(23)11-17-13-5-6-16-20-19(24-12-25-20)8-10-22(16,3)15(13)7-9-21(14,17)2/h4,6,13,15,17-20,23H,5,7-12H2,1-3H3/b14-4-/t13-,15+,17+,18-,19+,20-,21-,22-/m1/s1. The smallest absolute Gasteiger partial charge is 0.148 e. The SMILES string of the molecule is C/C=C1/[C@H](O)C[C@H]2[C@@H]3CC=C4[C@H]5OCO[C@H]5CC[C@]4(C)[C@H]3CC[C@]12C. The number of aliphatic hydroxyl groups is 1. The Balaban J connectivity index is 1.52. The van der Waals surface area contributed by atoms with E-state index in [0.29, 0.717) is 18.6 Å². The Morgan fingerprint density at radius 3 is 2.72 bits per heavy atom. The third kappa shape index (κ3) is 2.04. The quantitative estimate of drug-likeness (QED) is 0.669. The van der Waals surface area contributed by atoms with Gasteiger partial charge in [-0.15, -0.1) is 0 Å². The van der Waals surface area contributed by atoms with Gasteiger partial charge in [-0.2, -0.15) is 0 Å². The summed E-state index contributed by atoms with van der Waals surface area (Å²) in [5.74, 6) is 2.07. The molecule has 4 aliphatic carbocycles. The zero-order valence-electron chi connectivity index (χ0n) is 15.8. The lowest BCUT2D eigenvalue weighted by Crippen LogP contribution is -2.52. The van der Waals surface area contributed by atoms with Crippen LogP contribution in [0.2, 0.25) is 0 Å². The van der Waals surface area contributed by atoms with Gasteiger partial charge in [0.2, 0.25) is 0 Å². The summed E-state index contributed by atoms with van der Waals surface area (Å²) in [6.45, 7) is 7.50. The number of ether oxygens (including phenoxy) is 2. The average molecular weight is 344 g/mol. The van der Waals surface area contributed by atoms with Crippen LogP contribution in [-0.2, 0) is 9.47 Å². The zero-order valence-corrected chi connectivity index (χ0v) is 15.8. The van der Waals surface area contributed by atoms with Gasteiger partial charge in [0.05, 0.1) is 12.2 Å². The minimum Gasteiger partial charge on any atom is -0.389 e. The first-order valence-corrected chi connectivity index (χ1v) is 10.3. The van der Waals surface area contributed by atoms with Gasteiger partial charge in [0, 0.05) is 0 Å². The maximum absolute atomic E-state index is 10.7. The fourth-order valence-corrected chi connectivity index (χ4v) is 7.63. The molecule has 0 bridgehead atoms. The van der Waals surface area contributed by atoms with Crippen LogP contribution in [0.4, 0.5) is 0 Å². The monoisotopic (exact) mass is 344 g/mol. The highest BCUT2D eigenvalue weighted by Gasteiger charge is 2.60. The van der Waals surface area contributed by atoms with E-state index in [9.17, 15) is 5.11 Å². The topological polar surface area (TPSA) is 38.7 Å². The number of hydrogen-bond donors (Lipinski definition) is 1. The number of fused-ring (bicyclic) bond motifs is 7. The molecule has 0 radical (unpaired) electrons. The molecule has 0 aromatic carbocycles. The lowest BCUT2D eigenvalue weighted by atomic mass is 9.47. The van der Waals surface area contributed by atoms with Crippen molar-refractivity contribution < 1.29 is 14.6 Å². The van der Waals surface area contributed by atoms with Gasteiger partial charge in [-0.25, -0.2) is 0 Å². The van der Waals surface area contributed by atoms with E-state index in [2.05, 4.69) is 32.9 Å². The molecule has 8 atom stereocenters. The molecule has 3 saturated carbocycles. The first-order valence-electron chi connectivity index (χ1n) is 10.3. The van der Waals surface area contributed by atoms with E-state index in [-0.39, 0.29) is 29.1 Å².